The molecule has 0 saturated carbocycles. The SMILES string of the molecule is CCCCCCCCCCCCCCCC=CC(O)C([NH3+])COP(=O)([O-])O. The van der Waals surface area contributed by atoms with Gasteiger partial charge in [0, 0.05) is 0 Å². The zero-order valence-electron chi connectivity index (χ0n) is 17.2. The predicted molar refractivity (Wildman–Crippen MR) is 108 cm³/mol. The fourth-order valence-electron chi connectivity index (χ4n) is 2.96. The van der Waals surface area contributed by atoms with E-state index in [2.05, 4.69) is 17.2 Å². The van der Waals surface area contributed by atoms with Gasteiger partial charge in [-0.1, -0.05) is 96.1 Å². The number of phosphoric acid groups is 1. The summed E-state index contributed by atoms with van der Waals surface area (Å²) in [5.74, 6) is 0. The molecule has 0 aromatic heterocycles. The van der Waals surface area contributed by atoms with Crippen molar-refractivity contribution in [2.75, 3.05) is 6.61 Å². The summed E-state index contributed by atoms with van der Waals surface area (Å²) in [6.45, 7) is 1.92. The van der Waals surface area contributed by atoms with Crippen LogP contribution in [0.25, 0.3) is 0 Å². The molecule has 0 spiro atoms. The van der Waals surface area contributed by atoms with E-state index in [4.69, 9.17) is 4.89 Å². The molecule has 162 valence electrons. The molecular weight excluding hydrogens is 365 g/mol. The largest absolute Gasteiger partial charge is 0.756 e. The van der Waals surface area contributed by atoms with E-state index in [1.807, 2.05) is 6.08 Å². The van der Waals surface area contributed by atoms with Gasteiger partial charge in [0.25, 0.3) is 7.82 Å². The quantitative estimate of drug-likeness (QED) is 0.172. The maximum absolute atomic E-state index is 10.5. The van der Waals surface area contributed by atoms with Crippen molar-refractivity contribution in [1.82, 2.24) is 0 Å². The number of unbranched alkanes of at least 4 members (excludes halogenated alkanes) is 13. The van der Waals surface area contributed by atoms with Crippen LogP contribution in [0.3, 0.4) is 0 Å². The van der Waals surface area contributed by atoms with Gasteiger partial charge in [0.15, 0.2) is 0 Å². The van der Waals surface area contributed by atoms with Crippen molar-refractivity contribution >= 4 is 7.82 Å². The van der Waals surface area contributed by atoms with Crippen LogP contribution in [0, 0.1) is 0 Å². The lowest BCUT2D eigenvalue weighted by atomic mass is 10.0. The average molecular weight is 408 g/mol. The Labute approximate surface area is 165 Å². The minimum atomic E-state index is -4.75. The van der Waals surface area contributed by atoms with Crippen molar-refractivity contribution in [2.24, 2.45) is 0 Å². The number of hydrogen-bond donors (Lipinski definition) is 3. The van der Waals surface area contributed by atoms with Gasteiger partial charge >= 0.3 is 0 Å². The highest BCUT2D eigenvalue weighted by atomic mass is 31.2. The smallest absolute Gasteiger partial charge is 0.265 e. The van der Waals surface area contributed by atoms with Crippen LogP contribution in [0.5, 0.6) is 0 Å². The van der Waals surface area contributed by atoms with Crippen LogP contribution in [0.4, 0.5) is 0 Å². The van der Waals surface area contributed by atoms with Crippen LogP contribution < -0.4 is 10.6 Å². The van der Waals surface area contributed by atoms with Crippen LogP contribution in [0.15, 0.2) is 12.2 Å². The maximum atomic E-state index is 10.5. The molecule has 5 N–H and O–H groups in total. The molecule has 0 rings (SSSR count). The number of quaternary nitrogens is 1. The van der Waals surface area contributed by atoms with Crippen LogP contribution in [-0.4, -0.2) is 28.8 Å². The standard InChI is InChI=1S/C20H42NO5P/c1-2-3-4-5-6-7-8-9-10-11-12-13-14-15-16-17-20(22)19(21)18-26-27(23,24)25/h16-17,19-20,22H,2-15,18,21H2,1H3,(H2,23,24,25). The molecule has 0 amide bonds. The second-order valence-corrected chi connectivity index (χ2v) is 8.67. The van der Waals surface area contributed by atoms with E-state index in [0.717, 1.165) is 12.8 Å². The first-order chi connectivity index (χ1) is 12.9. The Morgan fingerprint density at radius 1 is 0.963 bits per heavy atom. The Morgan fingerprint density at radius 2 is 1.41 bits per heavy atom. The van der Waals surface area contributed by atoms with E-state index in [-0.39, 0.29) is 6.61 Å². The summed E-state index contributed by atoms with van der Waals surface area (Å²) in [6, 6.07) is -0.637. The van der Waals surface area contributed by atoms with Gasteiger partial charge in [-0.2, -0.15) is 0 Å². The number of allylic oxidation sites excluding steroid dienone is 1. The summed E-state index contributed by atoms with van der Waals surface area (Å²) < 4.78 is 14.7. The van der Waals surface area contributed by atoms with Crippen LogP contribution in [0.2, 0.25) is 0 Å². The maximum Gasteiger partial charge on any atom is 0.265 e. The summed E-state index contributed by atoms with van der Waals surface area (Å²) in [5.41, 5.74) is 3.63. The zero-order valence-corrected chi connectivity index (χ0v) is 18.1. The van der Waals surface area contributed by atoms with E-state index >= 15 is 0 Å². The Morgan fingerprint density at radius 3 is 1.85 bits per heavy atom. The van der Waals surface area contributed by atoms with Gasteiger partial charge in [0.05, 0.1) is 0 Å². The van der Waals surface area contributed by atoms with Crippen molar-refractivity contribution < 1.29 is 29.7 Å². The van der Waals surface area contributed by atoms with Gasteiger partial charge in [-0.15, -0.1) is 0 Å². The third kappa shape index (κ3) is 20.3. The highest BCUT2D eigenvalue weighted by Gasteiger charge is 2.17. The molecule has 0 bridgehead atoms. The van der Waals surface area contributed by atoms with Crippen molar-refractivity contribution in [3.05, 3.63) is 12.2 Å². The Bertz CT molecular complexity index is 400. The lowest BCUT2D eigenvalue weighted by Crippen LogP contribution is -2.68. The molecule has 27 heavy (non-hydrogen) atoms. The normalized spacial score (nSPS) is 16.5. The Kier molecular flexibility index (Phi) is 17.7. The van der Waals surface area contributed by atoms with E-state index in [0.29, 0.717) is 0 Å². The highest BCUT2D eigenvalue weighted by Crippen LogP contribution is 2.30. The lowest BCUT2D eigenvalue weighted by Gasteiger charge is -2.18. The van der Waals surface area contributed by atoms with Crippen LogP contribution >= 0.6 is 7.82 Å². The summed E-state index contributed by atoms with van der Waals surface area (Å²) >= 11 is 0. The third-order valence-corrected chi connectivity index (χ3v) is 5.22. The summed E-state index contributed by atoms with van der Waals surface area (Å²) in [5, 5.41) is 9.82. The molecule has 0 fully saturated rings. The molecule has 0 radical (unpaired) electrons. The number of rotatable bonds is 19. The van der Waals surface area contributed by atoms with E-state index in [1.54, 1.807) is 6.08 Å². The molecule has 0 heterocycles. The van der Waals surface area contributed by atoms with Gasteiger partial charge in [-0.3, -0.25) is 4.57 Å². The molecular formula is C20H42NO5P. The molecule has 0 aromatic carbocycles. The van der Waals surface area contributed by atoms with Gasteiger partial charge in [-0.05, 0) is 12.8 Å². The average Bonchev–Trinajstić information content (AvgIpc) is 2.62. The van der Waals surface area contributed by atoms with Gasteiger partial charge < -0.3 is 25.2 Å². The highest BCUT2D eigenvalue weighted by molar-refractivity contribution is 7.44. The number of aliphatic hydroxyl groups is 1. The van der Waals surface area contributed by atoms with Crippen molar-refractivity contribution in [2.45, 2.75) is 109 Å². The minimum Gasteiger partial charge on any atom is -0.756 e. The van der Waals surface area contributed by atoms with Gasteiger partial charge in [0.2, 0.25) is 0 Å². The molecule has 0 aromatic rings. The first-order valence-corrected chi connectivity index (χ1v) is 12.2. The third-order valence-electron chi connectivity index (χ3n) is 4.74. The minimum absolute atomic E-state index is 0.332. The van der Waals surface area contributed by atoms with Gasteiger partial charge in [0.1, 0.15) is 18.8 Å². The number of hydrogen-bond acceptors (Lipinski definition) is 4. The Balaban J connectivity index is 3.40. The predicted octanol–water partition coefficient (Wildman–Crippen LogP) is 3.47. The number of aliphatic hydroxyl groups excluding tert-OH is 1. The summed E-state index contributed by atoms with van der Waals surface area (Å²) in [6.07, 6.45) is 20.7. The topological polar surface area (TPSA) is 117 Å². The molecule has 0 aliphatic rings. The van der Waals surface area contributed by atoms with Crippen molar-refractivity contribution in [1.29, 1.82) is 0 Å². The lowest BCUT2D eigenvalue weighted by molar-refractivity contribution is -0.438. The molecule has 3 unspecified atom stereocenters. The number of phosphoric ester groups is 1. The zero-order chi connectivity index (χ0) is 20.4. The fourth-order valence-corrected chi connectivity index (χ4v) is 3.34. The monoisotopic (exact) mass is 407 g/mol. The van der Waals surface area contributed by atoms with Gasteiger partial charge in [-0.25, -0.2) is 0 Å². The second kappa shape index (κ2) is 17.8. The molecule has 6 nitrogen and oxygen atoms in total. The second-order valence-electron chi connectivity index (χ2n) is 7.47. The van der Waals surface area contributed by atoms with E-state index in [1.165, 1.54) is 77.0 Å². The van der Waals surface area contributed by atoms with Crippen LogP contribution in [0.1, 0.15) is 96.8 Å². The first-order valence-electron chi connectivity index (χ1n) is 10.7. The molecule has 0 aliphatic carbocycles. The molecule has 0 saturated heterocycles. The first kappa shape index (κ1) is 26.8. The molecule has 0 aliphatic heterocycles. The Hall–Kier alpha value is -0.230. The van der Waals surface area contributed by atoms with Crippen LogP contribution in [-0.2, 0) is 9.09 Å². The van der Waals surface area contributed by atoms with E-state index < -0.39 is 20.0 Å². The molecule has 3 atom stereocenters. The summed E-state index contributed by atoms with van der Waals surface area (Å²) in [7, 11) is -4.75. The summed E-state index contributed by atoms with van der Waals surface area (Å²) in [4.78, 5) is 19.0. The van der Waals surface area contributed by atoms with Crippen molar-refractivity contribution in [3.8, 4) is 0 Å². The van der Waals surface area contributed by atoms with E-state index in [9.17, 15) is 14.6 Å². The molecule has 7 heteroatoms. The van der Waals surface area contributed by atoms with Crippen molar-refractivity contribution in [3.63, 3.8) is 0 Å². The fraction of sp³-hybridized carbons (Fsp3) is 0.900.